The van der Waals surface area contributed by atoms with Gasteiger partial charge in [-0.15, -0.1) is 0 Å². The molecule has 126 valence electrons. The van der Waals surface area contributed by atoms with Gasteiger partial charge in [-0.3, -0.25) is 4.48 Å². The lowest BCUT2D eigenvalue weighted by Crippen LogP contribution is -2.42. The topological polar surface area (TPSA) is 32.3 Å². The summed E-state index contributed by atoms with van der Waals surface area (Å²) in [6.45, 7) is 9.41. The molecule has 0 amide bonds. The molecule has 1 heterocycles. The minimum absolute atomic E-state index is 0.263. The van der Waals surface area contributed by atoms with Crippen LogP contribution in [-0.4, -0.2) is 13.7 Å². The van der Waals surface area contributed by atoms with E-state index in [1.807, 2.05) is 6.92 Å². The second-order valence-corrected chi connectivity index (χ2v) is 6.89. The molecule has 0 N–H and O–H groups in total. The van der Waals surface area contributed by atoms with E-state index in [0.717, 1.165) is 6.54 Å². The lowest BCUT2D eigenvalue weighted by atomic mass is 9.85. The average Bonchev–Trinajstić information content (AvgIpc) is 2.47. The summed E-state index contributed by atoms with van der Waals surface area (Å²) < 4.78 is 5.62. The Balaban J connectivity index is 2.30. The fourth-order valence-electron chi connectivity index (χ4n) is 3.86. The van der Waals surface area contributed by atoms with Crippen molar-refractivity contribution in [2.24, 2.45) is 0 Å². The van der Waals surface area contributed by atoms with Crippen molar-refractivity contribution in [3.8, 4) is 11.1 Å². The van der Waals surface area contributed by atoms with E-state index in [1.165, 1.54) is 39.1 Å². The molecule has 2 aromatic carbocycles. The lowest BCUT2D eigenvalue weighted by molar-refractivity contribution is -0.358. The number of quaternary nitrogens is 1. The first-order valence-electron chi connectivity index (χ1n) is 8.44. The smallest absolute Gasteiger partial charge is 0.146 e. The second kappa shape index (κ2) is 5.99. The molecule has 0 bridgehead atoms. The van der Waals surface area contributed by atoms with Crippen LogP contribution in [0.15, 0.2) is 42.5 Å². The Hall–Kier alpha value is -2.26. The van der Waals surface area contributed by atoms with Crippen LogP contribution in [0.25, 0.3) is 11.1 Å². The molecule has 1 aliphatic heterocycles. The van der Waals surface area contributed by atoms with Crippen LogP contribution in [0.4, 0.5) is 5.69 Å². The van der Waals surface area contributed by atoms with Crippen LogP contribution in [-0.2, 0) is 11.3 Å². The van der Waals surface area contributed by atoms with E-state index in [1.54, 1.807) is 6.20 Å². The predicted octanol–water partition coefficient (Wildman–Crippen LogP) is 3.93. The van der Waals surface area contributed by atoms with Gasteiger partial charge in [0.2, 0.25) is 0 Å². The van der Waals surface area contributed by atoms with Gasteiger partial charge in [0, 0.05) is 17.2 Å². The van der Waals surface area contributed by atoms with E-state index < -0.39 is 0 Å². The summed E-state index contributed by atoms with van der Waals surface area (Å²) in [5, 5.41) is 12.2. The van der Waals surface area contributed by atoms with Crippen LogP contribution < -0.4 is 9.59 Å². The van der Waals surface area contributed by atoms with Gasteiger partial charge in [0.1, 0.15) is 24.4 Å². The number of benzene rings is 2. The highest BCUT2D eigenvalue weighted by molar-refractivity contribution is 5.87. The zero-order valence-electron chi connectivity index (χ0n) is 15.1. The van der Waals surface area contributed by atoms with Crippen molar-refractivity contribution >= 4 is 5.69 Å². The van der Waals surface area contributed by atoms with Crippen molar-refractivity contribution in [3.05, 3.63) is 64.7 Å². The molecule has 24 heavy (non-hydrogen) atoms. The largest absolute Gasteiger partial charge is 0.610 e. The van der Waals surface area contributed by atoms with E-state index in [4.69, 9.17) is 4.74 Å². The molecule has 0 spiro atoms. The number of hydrogen-bond acceptors (Lipinski definition) is 2. The van der Waals surface area contributed by atoms with E-state index in [2.05, 4.69) is 58.2 Å². The zero-order valence-corrected chi connectivity index (χ0v) is 15.1. The van der Waals surface area contributed by atoms with Crippen LogP contribution in [0.5, 0.6) is 0 Å². The highest BCUT2D eigenvalue weighted by atomic mass is 16.6. The molecule has 0 saturated heterocycles. The number of ether oxygens (including phenoxy) is 1. The maximum absolute atomic E-state index is 12.2. The first kappa shape index (κ1) is 16.6. The number of nitrogens with zero attached hydrogens (tertiary/aromatic N) is 1. The van der Waals surface area contributed by atoms with Crippen LogP contribution in [0.1, 0.15) is 29.2 Å². The van der Waals surface area contributed by atoms with E-state index in [-0.39, 0.29) is 5.95 Å². The fraction of sp³-hybridized carbons (Fsp3) is 0.333. The molecular formula is C21H25NO2. The molecule has 1 aliphatic rings. The van der Waals surface area contributed by atoms with Gasteiger partial charge < -0.3 is 9.84 Å². The SMILES string of the molecule is CCO/C([O-])=C/[N+]1(C)Cc2cccc(C)c2-c2c(C)cc(C)cc21. The second-order valence-electron chi connectivity index (χ2n) is 6.89. The number of hydrogen-bond donors (Lipinski definition) is 0. The van der Waals surface area contributed by atoms with Crippen LogP contribution in [0, 0.1) is 20.8 Å². The number of rotatable bonds is 3. The van der Waals surface area contributed by atoms with Gasteiger partial charge in [-0.25, -0.2) is 0 Å². The summed E-state index contributed by atoms with van der Waals surface area (Å²) in [6, 6.07) is 10.8. The minimum atomic E-state index is -0.263. The first-order chi connectivity index (χ1) is 11.4. The molecular weight excluding hydrogens is 298 g/mol. The fourth-order valence-corrected chi connectivity index (χ4v) is 3.86. The first-order valence-corrected chi connectivity index (χ1v) is 8.44. The van der Waals surface area contributed by atoms with Gasteiger partial charge >= 0.3 is 0 Å². The van der Waals surface area contributed by atoms with Crippen LogP contribution >= 0.6 is 0 Å². The summed E-state index contributed by atoms with van der Waals surface area (Å²) in [6.07, 6.45) is 1.70. The van der Waals surface area contributed by atoms with Gasteiger partial charge in [-0.1, -0.05) is 31.2 Å². The third-order valence-corrected chi connectivity index (χ3v) is 4.79. The summed E-state index contributed by atoms with van der Waals surface area (Å²) in [4.78, 5) is 0. The Kier molecular flexibility index (Phi) is 4.14. The highest BCUT2D eigenvalue weighted by Crippen LogP contribution is 2.46. The van der Waals surface area contributed by atoms with E-state index in [0.29, 0.717) is 11.1 Å². The Morgan fingerprint density at radius 2 is 1.92 bits per heavy atom. The van der Waals surface area contributed by atoms with Crippen molar-refractivity contribution in [1.29, 1.82) is 0 Å². The van der Waals surface area contributed by atoms with Gasteiger partial charge in [0.25, 0.3) is 0 Å². The van der Waals surface area contributed by atoms with Gasteiger partial charge in [0.15, 0.2) is 0 Å². The molecule has 1 unspecified atom stereocenters. The van der Waals surface area contributed by atoms with E-state index >= 15 is 0 Å². The lowest BCUT2D eigenvalue weighted by Gasteiger charge is -2.38. The average molecular weight is 323 g/mol. The molecule has 3 nitrogen and oxygen atoms in total. The number of aryl methyl sites for hydroxylation is 3. The van der Waals surface area contributed by atoms with Crippen molar-refractivity contribution in [3.63, 3.8) is 0 Å². The van der Waals surface area contributed by atoms with E-state index in [9.17, 15) is 5.11 Å². The maximum atomic E-state index is 12.2. The van der Waals surface area contributed by atoms with Crippen molar-refractivity contribution in [2.75, 3.05) is 13.7 Å². The molecule has 0 saturated carbocycles. The Morgan fingerprint density at radius 3 is 2.62 bits per heavy atom. The Morgan fingerprint density at radius 1 is 1.17 bits per heavy atom. The van der Waals surface area contributed by atoms with Gasteiger partial charge in [-0.05, 0) is 49.6 Å². The summed E-state index contributed by atoms with van der Waals surface area (Å²) in [7, 11) is 2.08. The molecule has 0 aliphatic carbocycles. The minimum Gasteiger partial charge on any atom is -0.610 e. The van der Waals surface area contributed by atoms with Gasteiger partial charge in [-0.2, -0.15) is 0 Å². The van der Waals surface area contributed by atoms with Crippen LogP contribution in [0.2, 0.25) is 0 Å². The van der Waals surface area contributed by atoms with Crippen LogP contribution in [0.3, 0.4) is 0 Å². The van der Waals surface area contributed by atoms with Gasteiger partial charge in [0.05, 0.1) is 7.05 Å². The Bertz CT molecular complexity index is 823. The third-order valence-electron chi connectivity index (χ3n) is 4.79. The van der Waals surface area contributed by atoms with Crippen molar-refractivity contribution in [1.82, 2.24) is 4.48 Å². The molecule has 0 aromatic heterocycles. The summed E-state index contributed by atoms with van der Waals surface area (Å²) in [5.41, 5.74) is 8.76. The molecule has 2 aromatic rings. The summed E-state index contributed by atoms with van der Waals surface area (Å²) in [5.74, 6) is -0.263. The third kappa shape index (κ3) is 2.69. The summed E-state index contributed by atoms with van der Waals surface area (Å²) >= 11 is 0. The normalized spacial score (nSPS) is 19.6. The zero-order chi connectivity index (χ0) is 17.5. The van der Waals surface area contributed by atoms with Crippen molar-refractivity contribution < 1.29 is 9.84 Å². The molecule has 0 radical (unpaired) electrons. The van der Waals surface area contributed by atoms with Crippen molar-refractivity contribution in [2.45, 2.75) is 34.2 Å². The monoisotopic (exact) mass is 323 g/mol. The standard InChI is InChI=1S/C21H25NO2/c1-6-24-19(23)13-22(5)12-17-9-7-8-15(3)20(17)21-16(4)10-14(2)11-18(21)22/h7-11,13H,6,12H2,1-5H3/b19-13+. The Labute approximate surface area is 144 Å². The predicted molar refractivity (Wildman–Crippen MR) is 97.2 cm³/mol. The quantitative estimate of drug-likeness (QED) is 0.633. The molecule has 3 rings (SSSR count). The number of fused-ring (bicyclic) bond motifs is 3. The maximum Gasteiger partial charge on any atom is 0.146 e. The molecule has 3 heteroatoms. The molecule has 0 fully saturated rings. The highest BCUT2D eigenvalue weighted by Gasteiger charge is 2.35. The molecule has 1 atom stereocenters.